The van der Waals surface area contributed by atoms with Crippen molar-refractivity contribution < 1.29 is 14.7 Å². The molecule has 1 amide bonds. The summed E-state index contributed by atoms with van der Waals surface area (Å²) in [5.41, 5.74) is 0. The van der Waals surface area contributed by atoms with Crippen molar-refractivity contribution in [1.29, 1.82) is 0 Å². The number of amides is 1. The van der Waals surface area contributed by atoms with Crippen LogP contribution in [0.15, 0.2) is 0 Å². The first-order chi connectivity index (χ1) is 8.11. The number of carboxylic acid groups (broad SMARTS) is 1. The molecule has 2 N–H and O–H groups in total. The summed E-state index contributed by atoms with van der Waals surface area (Å²) in [7, 11) is 0. The fraction of sp³-hybridized carbons (Fsp3) is 0.818. The molecule has 1 atom stereocenters. The predicted molar refractivity (Wildman–Crippen MR) is 74.8 cm³/mol. The highest BCUT2D eigenvalue weighted by Gasteiger charge is 2.18. The van der Waals surface area contributed by atoms with Gasteiger partial charge in [0, 0.05) is 0 Å². The van der Waals surface area contributed by atoms with Gasteiger partial charge in [0.2, 0.25) is 5.91 Å². The van der Waals surface area contributed by atoms with Gasteiger partial charge in [-0.15, -0.1) is 0 Å². The van der Waals surface area contributed by atoms with Crippen molar-refractivity contribution in [3.8, 4) is 0 Å². The van der Waals surface area contributed by atoms with Crippen molar-refractivity contribution in [2.24, 2.45) is 0 Å². The zero-order chi connectivity index (χ0) is 13.1. The second-order valence-electron chi connectivity index (χ2n) is 3.65. The molecule has 0 heterocycles. The molecule has 6 heteroatoms. The summed E-state index contributed by atoms with van der Waals surface area (Å²) >= 11 is 3.13. The monoisotopic (exact) mass is 279 g/mol. The Morgan fingerprint density at radius 3 is 2.59 bits per heavy atom. The number of carbonyl (C=O) groups is 2. The van der Waals surface area contributed by atoms with Crippen LogP contribution in [0.25, 0.3) is 0 Å². The number of thioether (sulfide) groups is 2. The summed E-state index contributed by atoms with van der Waals surface area (Å²) in [5, 5.41) is 11.5. The number of rotatable bonds is 10. The molecule has 4 nitrogen and oxygen atoms in total. The fourth-order valence-electron chi connectivity index (χ4n) is 1.14. The summed E-state index contributed by atoms with van der Waals surface area (Å²) in [6.07, 6.45) is 4.59. The number of carboxylic acids is 1. The smallest absolute Gasteiger partial charge is 0.326 e. The van der Waals surface area contributed by atoms with Gasteiger partial charge in [-0.25, -0.2) is 4.79 Å². The van der Waals surface area contributed by atoms with E-state index in [-0.39, 0.29) is 5.91 Å². The van der Waals surface area contributed by atoms with Gasteiger partial charge in [-0.05, 0) is 30.6 Å². The molecule has 0 aromatic rings. The molecule has 17 heavy (non-hydrogen) atoms. The molecule has 0 saturated carbocycles. The van der Waals surface area contributed by atoms with Gasteiger partial charge in [0.05, 0.1) is 5.75 Å². The minimum atomic E-state index is -0.953. The van der Waals surface area contributed by atoms with Crippen molar-refractivity contribution >= 4 is 35.4 Å². The highest BCUT2D eigenvalue weighted by molar-refractivity contribution is 7.99. The molecule has 0 bridgehead atoms. The minimum Gasteiger partial charge on any atom is -0.480 e. The van der Waals surface area contributed by atoms with Crippen LogP contribution >= 0.6 is 23.5 Å². The average molecular weight is 279 g/mol. The number of unbranched alkanes of at least 4 members (excludes halogenated alkanes) is 1. The van der Waals surface area contributed by atoms with E-state index in [0.29, 0.717) is 12.2 Å². The molecule has 100 valence electrons. The molecular formula is C11H21NO3S2. The zero-order valence-corrected chi connectivity index (χ0v) is 12.0. The SMILES string of the molecule is CCCCSCC(=O)N[C@H](CCSC)C(=O)O. The van der Waals surface area contributed by atoms with Crippen molar-refractivity contribution in [2.45, 2.75) is 32.2 Å². The molecule has 0 fully saturated rings. The van der Waals surface area contributed by atoms with E-state index in [9.17, 15) is 9.59 Å². The van der Waals surface area contributed by atoms with Crippen LogP contribution in [-0.2, 0) is 9.59 Å². The van der Waals surface area contributed by atoms with Crippen LogP contribution in [0.3, 0.4) is 0 Å². The second-order valence-corrected chi connectivity index (χ2v) is 5.74. The second kappa shape index (κ2) is 10.8. The first kappa shape index (κ1) is 16.6. The predicted octanol–water partition coefficient (Wildman–Crippen LogP) is 1.84. The Hall–Kier alpha value is -0.360. The maximum Gasteiger partial charge on any atom is 0.326 e. The highest BCUT2D eigenvalue weighted by atomic mass is 32.2. The Balaban J connectivity index is 3.83. The summed E-state index contributed by atoms with van der Waals surface area (Å²) in [6.45, 7) is 2.10. The molecule has 0 saturated heterocycles. The fourth-order valence-corrected chi connectivity index (χ4v) is 2.52. The van der Waals surface area contributed by atoms with E-state index in [1.165, 1.54) is 0 Å². The molecule has 0 spiro atoms. The molecule has 0 aliphatic rings. The first-order valence-corrected chi connectivity index (χ1v) is 8.25. The maximum atomic E-state index is 11.5. The third-order valence-corrected chi connectivity index (χ3v) is 3.81. The van der Waals surface area contributed by atoms with Crippen molar-refractivity contribution in [3.05, 3.63) is 0 Å². The molecule has 0 aromatic heterocycles. The molecule has 0 rings (SSSR count). The molecule has 0 aromatic carbocycles. The van der Waals surface area contributed by atoms with Gasteiger partial charge in [0.25, 0.3) is 0 Å². The van der Waals surface area contributed by atoms with E-state index in [4.69, 9.17) is 5.11 Å². The van der Waals surface area contributed by atoms with E-state index in [1.807, 2.05) is 6.26 Å². The molecule has 0 unspecified atom stereocenters. The van der Waals surface area contributed by atoms with E-state index >= 15 is 0 Å². The lowest BCUT2D eigenvalue weighted by Gasteiger charge is -2.13. The Labute approximate surface area is 111 Å². The standard InChI is InChI=1S/C11H21NO3S2/c1-3-4-6-17-8-10(13)12-9(11(14)15)5-7-16-2/h9H,3-8H2,1-2H3,(H,12,13)(H,14,15)/t9-/m1/s1. The molecule has 0 aliphatic heterocycles. The summed E-state index contributed by atoms with van der Waals surface area (Å²) in [4.78, 5) is 22.4. The first-order valence-electron chi connectivity index (χ1n) is 5.70. The Kier molecular flexibility index (Phi) is 10.5. The number of carbonyl (C=O) groups excluding carboxylic acids is 1. The van der Waals surface area contributed by atoms with Gasteiger partial charge < -0.3 is 10.4 Å². The Morgan fingerprint density at radius 2 is 2.06 bits per heavy atom. The number of hydrogen-bond donors (Lipinski definition) is 2. The topological polar surface area (TPSA) is 66.4 Å². The lowest BCUT2D eigenvalue weighted by atomic mass is 10.2. The van der Waals surface area contributed by atoms with Gasteiger partial charge in [-0.3, -0.25) is 4.79 Å². The number of hydrogen-bond acceptors (Lipinski definition) is 4. The molecular weight excluding hydrogens is 258 g/mol. The van der Waals surface area contributed by atoms with Crippen LogP contribution in [0, 0.1) is 0 Å². The number of aliphatic carboxylic acids is 1. The lowest BCUT2D eigenvalue weighted by molar-refractivity contribution is -0.141. The average Bonchev–Trinajstić information content (AvgIpc) is 2.29. The highest BCUT2D eigenvalue weighted by Crippen LogP contribution is 2.05. The van der Waals surface area contributed by atoms with Gasteiger partial charge in [-0.1, -0.05) is 13.3 Å². The molecule has 0 radical (unpaired) electrons. The summed E-state index contributed by atoms with van der Waals surface area (Å²) in [5.74, 6) is 0.904. The maximum absolute atomic E-state index is 11.5. The van der Waals surface area contributed by atoms with Crippen molar-refractivity contribution in [1.82, 2.24) is 5.32 Å². The van der Waals surface area contributed by atoms with Crippen LogP contribution in [0.1, 0.15) is 26.2 Å². The Morgan fingerprint density at radius 1 is 1.35 bits per heavy atom. The van der Waals surface area contributed by atoms with Gasteiger partial charge in [0.15, 0.2) is 0 Å². The number of nitrogens with one attached hydrogen (secondary N) is 1. The van der Waals surface area contributed by atoms with Crippen LogP contribution in [0.2, 0.25) is 0 Å². The van der Waals surface area contributed by atoms with Crippen LogP contribution in [-0.4, -0.2) is 46.5 Å². The van der Waals surface area contributed by atoms with Crippen LogP contribution in [0.5, 0.6) is 0 Å². The summed E-state index contributed by atoms with van der Waals surface area (Å²) < 4.78 is 0. The Bertz CT molecular complexity index is 237. The van der Waals surface area contributed by atoms with E-state index in [2.05, 4.69) is 12.2 Å². The van der Waals surface area contributed by atoms with E-state index < -0.39 is 12.0 Å². The van der Waals surface area contributed by atoms with Gasteiger partial charge in [0.1, 0.15) is 6.04 Å². The minimum absolute atomic E-state index is 0.181. The largest absolute Gasteiger partial charge is 0.480 e. The normalized spacial score (nSPS) is 12.1. The van der Waals surface area contributed by atoms with Gasteiger partial charge in [-0.2, -0.15) is 23.5 Å². The van der Waals surface area contributed by atoms with Crippen molar-refractivity contribution in [2.75, 3.05) is 23.5 Å². The third-order valence-electron chi connectivity index (χ3n) is 2.12. The van der Waals surface area contributed by atoms with E-state index in [1.54, 1.807) is 23.5 Å². The quantitative estimate of drug-likeness (QED) is 0.597. The van der Waals surface area contributed by atoms with Crippen LogP contribution in [0.4, 0.5) is 0 Å². The summed E-state index contributed by atoms with van der Waals surface area (Å²) in [6, 6.07) is -0.748. The third kappa shape index (κ3) is 9.35. The molecule has 0 aliphatic carbocycles. The zero-order valence-electron chi connectivity index (χ0n) is 10.4. The van der Waals surface area contributed by atoms with Gasteiger partial charge >= 0.3 is 5.97 Å². The van der Waals surface area contributed by atoms with Crippen molar-refractivity contribution in [3.63, 3.8) is 0 Å². The van der Waals surface area contributed by atoms with Crippen LogP contribution < -0.4 is 5.32 Å². The lowest BCUT2D eigenvalue weighted by Crippen LogP contribution is -2.42. The van der Waals surface area contributed by atoms with E-state index in [0.717, 1.165) is 24.3 Å².